The molecule has 12 nitrogen and oxygen atoms in total. The molecule has 208 valence electrons. The molecule has 4 N–H and O–H groups in total. The molecule has 0 spiro atoms. The number of amides is 3. The van der Waals surface area contributed by atoms with Crippen LogP contribution in [0.3, 0.4) is 0 Å². The fraction of sp³-hybridized carbons (Fsp3) is 0.214. The van der Waals surface area contributed by atoms with Gasteiger partial charge in [0.25, 0.3) is 17.7 Å². The number of carboxylic acid groups (broad SMARTS) is 1. The quantitative estimate of drug-likeness (QED) is 0.273. The summed E-state index contributed by atoms with van der Waals surface area (Å²) in [6.07, 6.45) is 1.22. The molecule has 6 rings (SSSR count). The van der Waals surface area contributed by atoms with Crippen LogP contribution in [0.4, 0.5) is 5.69 Å². The van der Waals surface area contributed by atoms with Crippen LogP contribution in [0.25, 0.3) is 5.65 Å². The van der Waals surface area contributed by atoms with E-state index in [9.17, 15) is 24.3 Å². The van der Waals surface area contributed by atoms with Gasteiger partial charge in [0.15, 0.2) is 17.4 Å². The zero-order valence-electron chi connectivity index (χ0n) is 21.7. The number of rotatable bonds is 6. The number of ether oxygens (including phenoxy) is 1. The SMILES string of the molecule is Cc1c(C(=O)O)ccc2c1CC[C@@H]2NC(=O)c1cc(C(=O)NCc2ccc3c(c2)NC(=O)CO3)nc2cc(Cl)nn12. The maximum atomic E-state index is 13.5. The summed E-state index contributed by atoms with van der Waals surface area (Å²) in [4.78, 5) is 54.1. The maximum Gasteiger partial charge on any atom is 0.335 e. The normalized spacial score (nSPS) is 15.5. The Morgan fingerprint density at radius 3 is 2.80 bits per heavy atom. The highest BCUT2D eigenvalue weighted by atomic mass is 35.5. The van der Waals surface area contributed by atoms with Crippen molar-refractivity contribution in [1.29, 1.82) is 0 Å². The number of anilines is 1. The molecule has 41 heavy (non-hydrogen) atoms. The minimum absolute atomic E-state index is 0.0115. The lowest BCUT2D eigenvalue weighted by Gasteiger charge is -2.18. The molecule has 0 bridgehead atoms. The molecule has 13 heteroatoms. The van der Waals surface area contributed by atoms with Crippen molar-refractivity contribution in [2.45, 2.75) is 32.4 Å². The van der Waals surface area contributed by atoms with E-state index in [0.29, 0.717) is 29.8 Å². The Morgan fingerprint density at radius 1 is 1.17 bits per heavy atom. The van der Waals surface area contributed by atoms with Gasteiger partial charge in [-0.1, -0.05) is 23.7 Å². The van der Waals surface area contributed by atoms with Crippen LogP contribution in [0, 0.1) is 6.92 Å². The Morgan fingerprint density at radius 2 is 2.00 bits per heavy atom. The number of halogens is 1. The van der Waals surface area contributed by atoms with Gasteiger partial charge in [0, 0.05) is 18.7 Å². The van der Waals surface area contributed by atoms with Crippen molar-refractivity contribution < 1.29 is 29.0 Å². The summed E-state index contributed by atoms with van der Waals surface area (Å²) in [7, 11) is 0. The molecule has 0 saturated heterocycles. The molecular formula is C28H23ClN6O6. The second-order valence-electron chi connectivity index (χ2n) is 9.79. The molecule has 4 aromatic rings. The lowest BCUT2D eigenvalue weighted by atomic mass is 9.98. The lowest BCUT2D eigenvalue weighted by Crippen LogP contribution is -2.30. The molecule has 0 fully saturated rings. The number of aromatic nitrogens is 3. The van der Waals surface area contributed by atoms with Crippen molar-refractivity contribution in [3.05, 3.63) is 86.8 Å². The third-order valence-electron chi connectivity index (χ3n) is 7.22. The van der Waals surface area contributed by atoms with Gasteiger partial charge in [-0.15, -0.1) is 0 Å². The van der Waals surface area contributed by atoms with E-state index in [0.717, 1.165) is 16.7 Å². The highest BCUT2D eigenvalue weighted by molar-refractivity contribution is 6.29. The summed E-state index contributed by atoms with van der Waals surface area (Å²) in [5, 5.41) is 22.2. The van der Waals surface area contributed by atoms with Crippen LogP contribution < -0.4 is 20.7 Å². The molecule has 2 aliphatic rings. The summed E-state index contributed by atoms with van der Waals surface area (Å²) in [5.74, 6) is -1.73. The molecule has 3 amide bonds. The van der Waals surface area contributed by atoms with E-state index in [1.807, 2.05) is 0 Å². The number of carbonyl (C=O) groups is 4. The monoisotopic (exact) mass is 574 g/mol. The van der Waals surface area contributed by atoms with Gasteiger partial charge in [-0.25, -0.2) is 14.3 Å². The molecular weight excluding hydrogens is 552 g/mol. The van der Waals surface area contributed by atoms with Crippen LogP contribution in [0.2, 0.25) is 5.15 Å². The van der Waals surface area contributed by atoms with Crippen molar-refractivity contribution in [2.24, 2.45) is 0 Å². The number of carboxylic acids is 1. The molecule has 1 atom stereocenters. The number of benzene rings is 2. The molecule has 0 unspecified atom stereocenters. The van der Waals surface area contributed by atoms with Crippen LogP contribution in [0.5, 0.6) is 5.75 Å². The molecule has 1 aliphatic carbocycles. The zero-order valence-corrected chi connectivity index (χ0v) is 22.4. The van der Waals surface area contributed by atoms with Crippen LogP contribution in [-0.2, 0) is 17.8 Å². The van der Waals surface area contributed by atoms with E-state index in [1.165, 1.54) is 16.6 Å². The van der Waals surface area contributed by atoms with Gasteiger partial charge in [0.05, 0.1) is 17.3 Å². The average Bonchev–Trinajstić information content (AvgIpc) is 3.53. The van der Waals surface area contributed by atoms with Crippen molar-refractivity contribution in [3.8, 4) is 5.75 Å². The number of fused-ring (bicyclic) bond motifs is 3. The number of carbonyl (C=O) groups excluding carboxylic acids is 3. The summed E-state index contributed by atoms with van der Waals surface area (Å²) in [5.41, 5.74) is 4.19. The van der Waals surface area contributed by atoms with E-state index < -0.39 is 17.8 Å². The highest BCUT2D eigenvalue weighted by Crippen LogP contribution is 2.35. The number of aromatic carboxylic acids is 1. The lowest BCUT2D eigenvalue weighted by molar-refractivity contribution is -0.118. The van der Waals surface area contributed by atoms with Crippen LogP contribution >= 0.6 is 11.6 Å². The first-order valence-corrected chi connectivity index (χ1v) is 13.1. The van der Waals surface area contributed by atoms with Crippen LogP contribution in [0.1, 0.15) is 66.1 Å². The second-order valence-corrected chi connectivity index (χ2v) is 10.2. The molecule has 0 saturated carbocycles. The largest absolute Gasteiger partial charge is 0.482 e. The second kappa shape index (κ2) is 10.2. The zero-order chi connectivity index (χ0) is 28.8. The van der Waals surface area contributed by atoms with Crippen LogP contribution in [0.15, 0.2) is 42.5 Å². The van der Waals surface area contributed by atoms with Crippen LogP contribution in [-0.4, -0.2) is 50.0 Å². The average molecular weight is 575 g/mol. The van der Waals surface area contributed by atoms with Gasteiger partial charge in [-0.2, -0.15) is 5.10 Å². The first-order valence-electron chi connectivity index (χ1n) is 12.7. The van der Waals surface area contributed by atoms with Crippen molar-refractivity contribution in [2.75, 3.05) is 11.9 Å². The Bertz CT molecular complexity index is 1780. The minimum Gasteiger partial charge on any atom is -0.482 e. The smallest absolute Gasteiger partial charge is 0.335 e. The Hall–Kier alpha value is -4.97. The van der Waals surface area contributed by atoms with E-state index in [-0.39, 0.29) is 52.9 Å². The Balaban J connectivity index is 1.23. The minimum atomic E-state index is -0.995. The Kier molecular flexibility index (Phi) is 6.54. The van der Waals surface area contributed by atoms with Gasteiger partial charge < -0.3 is 25.8 Å². The van der Waals surface area contributed by atoms with E-state index in [2.05, 4.69) is 26.0 Å². The molecule has 2 aromatic carbocycles. The molecule has 1 aliphatic heterocycles. The number of hydrogen-bond donors (Lipinski definition) is 4. The van der Waals surface area contributed by atoms with Crippen molar-refractivity contribution in [1.82, 2.24) is 25.2 Å². The van der Waals surface area contributed by atoms with Crippen molar-refractivity contribution >= 4 is 46.6 Å². The third kappa shape index (κ3) is 4.93. The van der Waals surface area contributed by atoms with Gasteiger partial charge in [0.2, 0.25) is 0 Å². The summed E-state index contributed by atoms with van der Waals surface area (Å²) in [6.45, 7) is 1.85. The molecule has 0 radical (unpaired) electrons. The topological polar surface area (TPSA) is 164 Å². The molecule has 2 aromatic heterocycles. The predicted molar refractivity (Wildman–Crippen MR) is 146 cm³/mol. The Labute approximate surface area is 237 Å². The van der Waals surface area contributed by atoms with Crippen molar-refractivity contribution in [3.63, 3.8) is 0 Å². The van der Waals surface area contributed by atoms with Gasteiger partial charge in [0.1, 0.15) is 17.1 Å². The molecule has 3 heterocycles. The van der Waals surface area contributed by atoms with E-state index in [1.54, 1.807) is 37.3 Å². The van der Waals surface area contributed by atoms with E-state index in [4.69, 9.17) is 16.3 Å². The first-order chi connectivity index (χ1) is 19.7. The number of hydrogen-bond acceptors (Lipinski definition) is 7. The standard InChI is InChI=1S/C28H23ClN6O6/c1-13-15-5-6-18(17(15)4-3-16(13)28(39)40)33-27(38)21-9-20(31-24-10-23(29)34-35(21)24)26(37)30-11-14-2-7-22-19(8-14)32-25(36)12-41-22/h2-4,7-10,18H,5-6,11-12H2,1H3,(H,30,37)(H,32,36)(H,33,38)(H,39,40)/t18-/m0/s1. The number of nitrogens with zero attached hydrogens (tertiary/aromatic N) is 3. The summed E-state index contributed by atoms with van der Waals surface area (Å²) >= 11 is 6.10. The maximum absolute atomic E-state index is 13.5. The van der Waals surface area contributed by atoms with E-state index >= 15 is 0 Å². The fourth-order valence-corrected chi connectivity index (χ4v) is 5.40. The number of nitrogens with one attached hydrogen (secondary N) is 3. The van der Waals surface area contributed by atoms with Gasteiger partial charge in [-0.05, 0) is 60.2 Å². The van der Waals surface area contributed by atoms with Gasteiger partial charge in [-0.3, -0.25) is 14.4 Å². The summed E-state index contributed by atoms with van der Waals surface area (Å²) < 4.78 is 6.63. The first kappa shape index (κ1) is 26.3. The summed E-state index contributed by atoms with van der Waals surface area (Å²) in [6, 6.07) is 10.9. The fourth-order valence-electron chi connectivity index (χ4n) is 5.23. The predicted octanol–water partition coefficient (Wildman–Crippen LogP) is 3.07. The van der Waals surface area contributed by atoms with Gasteiger partial charge >= 0.3 is 5.97 Å². The highest BCUT2D eigenvalue weighted by Gasteiger charge is 2.29. The third-order valence-corrected chi connectivity index (χ3v) is 7.41.